The zero-order valence-corrected chi connectivity index (χ0v) is 24.3. The highest BCUT2D eigenvalue weighted by Crippen LogP contribution is 2.16. The summed E-state index contributed by atoms with van der Waals surface area (Å²) >= 11 is 0. The third kappa shape index (κ3) is 17.0. The minimum absolute atomic E-state index is 0.0808. The molecular formula is C32H54O6. The summed E-state index contributed by atoms with van der Waals surface area (Å²) in [5, 5.41) is 0. The van der Waals surface area contributed by atoms with Gasteiger partial charge >= 0.3 is 11.9 Å². The summed E-state index contributed by atoms with van der Waals surface area (Å²) in [4.78, 5) is 23.6. The standard InChI is InChI=1S/C32H54O6/c1-27(15-7-3-5-9-21-31(33)37-25-29-19-13-23-35-29)17-11-12-18-28(2)16-8-4-6-10-22-32(34)38-26-30-20-14-24-36-30/h17-18,29-30H,3-16,19-26H2,1-2H3/b27-17+,28-18+. The van der Waals surface area contributed by atoms with Gasteiger partial charge in [0.15, 0.2) is 0 Å². The molecule has 218 valence electrons. The second-order valence-electron chi connectivity index (χ2n) is 11.1. The average molecular weight is 535 g/mol. The van der Waals surface area contributed by atoms with Gasteiger partial charge in [-0.15, -0.1) is 0 Å². The smallest absolute Gasteiger partial charge is 0.305 e. The third-order valence-corrected chi connectivity index (χ3v) is 7.46. The number of carbonyl (C=O) groups excluding carboxylic acids is 2. The lowest BCUT2D eigenvalue weighted by molar-refractivity contribution is -0.147. The fourth-order valence-electron chi connectivity index (χ4n) is 4.98. The van der Waals surface area contributed by atoms with E-state index in [1.54, 1.807) is 0 Å². The van der Waals surface area contributed by atoms with Gasteiger partial charge in [-0.05, 0) is 90.9 Å². The van der Waals surface area contributed by atoms with E-state index in [1.165, 1.54) is 36.8 Å². The lowest BCUT2D eigenvalue weighted by atomic mass is 10.0. The summed E-state index contributed by atoms with van der Waals surface area (Å²) in [5.41, 5.74) is 2.95. The van der Waals surface area contributed by atoms with Crippen LogP contribution >= 0.6 is 0 Å². The second kappa shape index (κ2) is 21.2. The number of carbonyl (C=O) groups is 2. The van der Waals surface area contributed by atoms with Crippen molar-refractivity contribution in [2.24, 2.45) is 0 Å². The maximum atomic E-state index is 11.8. The van der Waals surface area contributed by atoms with Gasteiger partial charge in [-0.3, -0.25) is 9.59 Å². The zero-order chi connectivity index (χ0) is 27.3. The lowest BCUT2D eigenvalue weighted by Crippen LogP contribution is -2.17. The first-order valence-electron chi connectivity index (χ1n) is 15.4. The normalized spacial score (nSPS) is 20.2. The van der Waals surface area contributed by atoms with Crippen molar-refractivity contribution in [2.45, 2.75) is 142 Å². The van der Waals surface area contributed by atoms with E-state index in [9.17, 15) is 9.59 Å². The van der Waals surface area contributed by atoms with E-state index in [4.69, 9.17) is 18.9 Å². The van der Waals surface area contributed by atoms with Crippen LogP contribution in [0.3, 0.4) is 0 Å². The molecule has 2 fully saturated rings. The van der Waals surface area contributed by atoms with Crippen molar-refractivity contribution < 1.29 is 28.5 Å². The van der Waals surface area contributed by atoms with E-state index in [-0.39, 0.29) is 24.1 Å². The number of allylic oxidation sites excluding steroid dienone is 4. The van der Waals surface area contributed by atoms with E-state index < -0.39 is 0 Å². The molecule has 0 amide bonds. The molecule has 2 aliphatic heterocycles. The van der Waals surface area contributed by atoms with Crippen LogP contribution in [0.4, 0.5) is 0 Å². The molecule has 0 aromatic carbocycles. The Bertz CT molecular complexity index is 641. The third-order valence-electron chi connectivity index (χ3n) is 7.46. The number of esters is 2. The molecule has 2 aliphatic rings. The van der Waals surface area contributed by atoms with Crippen molar-refractivity contribution in [3.8, 4) is 0 Å². The van der Waals surface area contributed by atoms with Crippen molar-refractivity contribution >= 4 is 11.9 Å². The molecule has 0 aliphatic carbocycles. The van der Waals surface area contributed by atoms with Crippen molar-refractivity contribution in [3.05, 3.63) is 23.3 Å². The molecule has 6 heteroatoms. The molecular weight excluding hydrogens is 480 g/mol. The van der Waals surface area contributed by atoms with Crippen LogP contribution in [0.25, 0.3) is 0 Å². The second-order valence-corrected chi connectivity index (χ2v) is 11.1. The van der Waals surface area contributed by atoms with Gasteiger partial charge in [0.05, 0.1) is 12.2 Å². The molecule has 0 bridgehead atoms. The molecule has 38 heavy (non-hydrogen) atoms. The van der Waals surface area contributed by atoms with Crippen LogP contribution in [0.5, 0.6) is 0 Å². The van der Waals surface area contributed by atoms with Crippen molar-refractivity contribution in [2.75, 3.05) is 26.4 Å². The zero-order valence-electron chi connectivity index (χ0n) is 24.3. The molecule has 0 aromatic rings. The Kier molecular flexibility index (Phi) is 18.2. The Hall–Kier alpha value is -1.66. The number of hydrogen-bond acceptors (Lipinski definition) is 6. The summed E-state index contributed by atoms with van der Waals surface area (Å²) in [6, 6.07) is 0. The Morgan fingerprint density at radius 1 is 0.632 bits per heavy atom. The summed E-state index contributed by atoms with van der Waals surface area (Å²) in [6.07, 6.45) is 23.4. The van der Waals surface area contributed by atoms with Gasteiger partial charge in [0.2, 0.25) is 0 Å². The van der Waals surface area contributed by atoms with Crippen LogP contribution in [-0.4, -0.2) is 50.6 Å². The lowest BCUT2D eigenvalue weighted by Gasteiger charge is -2.10. The summed E-state index contributed by atoms with van der Waals surface area (Å²) in [5.74, 6) is -0.162. The Morgan fingerprint density at radius 3 is 1.39 bits per heavy atom. The highest BCUT2D eigenvalue weighted by molar-refractivity contribution is 5.69. The molecule has 0 saturated carbocycles. The van der Waals surface area contributed by atoms with Crippen LogP contribution in [-0.2, 0) is 28.5 Å². The van der Waals surface area contributed by atoms with E-state index in [0.29, 0.717) is 26.1 Å². The van der Waals surface area contributed by atoms with Gasteiger partial charge in [-0.25, -0.2) is 0 Å². The van der Waals surface area contributed by atoms with E-state index in [0.717, 1.165) is 90.3 Å². The predicted octanol–water partition coefficient (Wildman–Crippen LogP) is 7.78. The SMILES string of the molecule is C/C(=C\CC/C=C(\C)CCCCCCC(=O)OCC1CCCO1)CCCCCCC(=O)OCC1CCCO1. The van der Waals surface area contributed by atoms with Crippen LogP contribution in [0, 0.1) is 0 Å². The van der Waals surface area contributed by atoms with Gasteiger partial charge in [0.25, 0.3) is 0 Å². The Balaban J connectivity index is 1.35. The monoisotopic (exact) mass is 534 g/mol. The first-order chi connectivity index (χ1) is 18.5. The minimum atomic E-state index is -0.0808. The van der Waals surface area contributed by atoms with Crippen LogP contribution in [0.1, 0.15) is 129 Å². The highest BCUT2D eigenvalue weighted by atomic mass is 16.6. The van der Waals surface area contributed by atoms with E-state index in [2.05, 4.69) is 26.0 Å². The quantitative estimate of drug-likeness (QED) is 0.0850. The van der Waals surface area contributed by atoms with Gasteiger partial charge in [0, 0.05) is 26.1 Å². The number of hydrogen-bond donors (Lipinski definition) is 0. The largest absolute Gasteiger partial charge is 0.463 e. The number of unbranched alkanes of at least 4 members (excludes halogenated alkanes) is 7. The maximum absolute atomic E-state index is 11.8. The van der Waals surface area contributed by atoms with Crippen LogP contribution in [0.15, 0.2) is 23.3 Å². The minimum Gasteiger partial charge on any atom is -0.463 e. The molecule has 0 radical (unpaired) electrons. The van der Waals surface area contributed by atoms with Crippen molar-refractivity contribution in [3.63, 3.8) is 0 Å². The molecule has 0 N–H and O–H groups in total. The molecule has 2 unspecified atom stereocenters. The Labute approximate surface area is 231 Å². The molecule has 2 saturated heterocycles. The molecule has 0 spiro atoms. The molecule has 6 nitrogen and oxygen atoms in total. The topological polar surface area (TPSA) is 71.1 Å². The maximum Gasteiger partial charge on any atom is 0.305 e. The molecule has 2 heterocycles. The molecule has 2 rings (SSSR count). The van der Waals surface area contributed by atoms with Crippen molar-refractivity contribution in [1.29, 1.82) is 0 Å². The van der Waals surface area contributed by atoms with E-state index >= 15 is 0 Å². The average Bonchev–Trinajstić information content (AvgIpc) is 3.63. The van der Waals surface area contributed by atoms with Crippen LogP contribution < -0.4 is 0 Å². The summed E-state index contributed by atoms with van der Waals surface area (Å²) in [7, 11) is 0. The van der Waals surface area contributed by atoms with E-state index in [1.807, 2.05) is 0 Å². The first-order valence-corrected chi connectivity index (χ1v) is 15.4. The van der Waals surface area contributed by atoms with Crippen molar-refractivity contribution in [1.82, 2.24) is 0 Å². The number of ether oxygens (including phenoxy) is 4. The molecule has 2 atom stereocenters. The van der Waals surface area contributed by atoms with Gasteiger partial charge in [-0.1, -0.05) is 49.0 Å². The predicted molar refractivity (Wildman–Crippen MR) is 152 cm³/mol. The molecule has 0 aromatic heterocycles. The number of rotatable bonds is 21. The Morgan fingerprint density at radius 2 is 1.03 bits per heavy atom. The van der Waals surface area contributed by atoms with Gasteiger partial charge < -0.3 is 18.9 Å². The fourth-order valence-corrected chi connectivity index (χ4v) is 4.98. The highest BCUT2D eigenvalue weighted by Gasteiger charge is 2.18. The summed E-state index contributed by atoms with van der Waals surface area (Å²) in [6.45, 7) is 6.91. The first kappa shape index (κ1) is 32.6. The van der Waals surface area contributed by atoms with Crippen LogP contribution in [0.2, 0.25) is 0 Å². The fraction of sp³-hybridized carbons (Fsp3) is 0.812. The summed E-state index contributed by atoms with van der Waals surface area (Å²) < 4.78 is 21.6. The van der Waals surface area contributed by atoms with Gasteiger partial charge in [0.1, 0.15) is 13.2 Å². The van der Waals surface area contributed by atoms with Gasteiger partial charge in [-0.2, -0.15) is 0 Å².